The molecule has 0 amide bonds. The van der Waals surface area contributed by atoms with E-state index in [0.717, 1.165) is 59.5 Å². The molecule has 7 heteroatoms. The number of carbonyl (C=O) groups excluding carboxylic acids is 1. The first-order valence-electron chi connectivity index (χ1n) is 13.3. The monoisotopic (exact) mass is 514 g/mol. The van der Waals surface area contributed by atoms with Crippen molar-refractivity contribution < 1.29 is 9.53 Å². The molecule has 0 aliphatic carbocycles. The molecule has 2 aromatic heterocycles. The van der Waals surface area contributed by atoms with E-state index in [1.165, 1.54) is 18.5 Å². The van der Waals surface area contributed by atoms with Gasteiger partial charge >= 0.3 is 0 Å². The number of hydrogen-bond donors (Lipinski definition) is 1. The molecule has 6 nitrogen and oxygen atoms in total. The predicted molar refractivity (Wildman–Crippen MR) is 150 cm³/mol. The summed E-state index contributed by atoms with van der Waals surface area (Å²) in [5, 5.41) is 13.1. The molecular formula is C30H34N4O2S. The van der Waals surface area contributed by atoms with Crippen molar-refractivity contribution in [3.63, 3.8) is 0 Å². The van der Waals surface area contributed by atoms with Crippen LogP contribution in [-0.2, 0) is 16.0 Å². The van der Waals surface area contributed by atoms with Crippen molar-refractivity contribution >= 4 is 33.7 Å². The normalized spacial score (nSPS) is 21.5. The lowest BCUT2D eigenvalue weighted by molar-refractivity contribution is -0.123. The Morgan fingerprint density at radius 1 is 1.08 bits per heavy atom. The Morgan fingerprint density at radius 3 is 2.54 bits per heavy atom. The van der Waals surface area contributed by atoms with E-state index in [1.807, 2.05) is 0 Å². The number of thiophene rings is 1. The van der Waals surface area contributed by atoms with Gasteiger partial charge in [-0.1, -0.05) is 18.2 Å². The molecular weight excluding hydrogens is 480 g/mol. The van der Waals surface area contributed by atoms with Gasteiger partial charge in [0.15, 0.2) is 5.78 Å². The number of ketones is 1. The first kappa shape index (κ1) is 24.3. The largest absolute Gasteiger partial charge is 0.372 e. The number of carbonyl (C=O) groups is 1. The zero-order valence-electron chi connectivity index (χ0n) is 21.5. The average Bonchev–Trinajstić information content (AvgIpc) is 3.67. The SMILES string of the molecule is C[C@@H]1CN(c2ccc(-c3n[nH]c4ccc(CC(=O)C(c5ccsc5)N5CCCC5)cc34)cc2)C[C@H](C)O1. The number of fused-ring (bicyclic) bond motifs is 1. The highest BCUT2D eigenvalue weighted by molar-refractivity contribution is 7.08. The van der Waals surface area contributed by atoms with Crippen molar-refractivity contribution in [2.24, 2.45) is 0 Å². The highest BCUT2D eigenvalue weighted by Crippen LogP contribution is 2.32. The number of Topliss-reactive ketones (excluding diaryl/α,β-unsaturated/α-hetero) is 1. The Labute approximate surface area is 222 Å². The topological polar surface area (TPSA) is 61.5 Å². The van der Waals surface area contributed by atoms with Gasteiger partial charge in [0.25, 0.3) is 0 Å². The molecule has 0 radical (unpaired) electrons. The number of morpholine rings is 1. The van der Waals surface area contributed by atoms with Crippen LogP contribution in [-0.4, -0.2) is 59.3 Å². The van der Waals surface area contributed by atoms with Gasteiger partial charge in [0.05, 0.1) is 29.5 Å². The molecule has 0 saturated carbocycles. The van der Waals surface area contributed by atoms with E-state index in [2.05, 4.69) is 93.1 Å². The summed E-state index contributed by atoms with van der Waals surface area (Å²) in [7, 11) is 0. The first-order chi connectivity index (χ1) is 18.0. The molecule has 37 heavy (non-hydrogen) atoms. The van der Waals surface area contributed by atoms with Crippen LogP contribution in [0.15, 0.2) is 59.3 Å². The van der Waals surface area contributed by atoms with Crippen LogP contribution < -0.4 is 4.90 Å². The molecule has 2 fully saturated rings. The zero-order valence-corrected chi connectivity index (χ0v) is 22.3. The number of nitrogens with one attached hydrogen (secondary N) is 1. The number of benzene rings is 2. The standard InChI is InChI=1S/C30H34N4O2S/c1-20-17-34(18-21(2)36-20)25-8-6-23(7-9-25)29-26-15-22(5-10-27(26)31-32-29)16-28(35)30(24-11-14-37-19-24)33-12-3-4-13-33/h5-11,14-15,19-21,30H,3-4,12-13,16-18H2,1-2H3,(H,31,32)/t20-,21+,30?. The van der Waals surface area contributed by atoms with Crippen LogP contribution in [0.4, 0.5) is 5.69 Å². The number of nitrogens with zero attached hydrogens (tertiary/aromatic N) is 3. The molecule has 3 atom stereocenters. The fraction of sp³-hybridized carbons (Fsp3) is 0.400. The summed E-state index contributed by atoms with van der Waals surface area (Å²) in [4.78, 5) is 18.3. The molecule has 2 aliphatic rings. The number of H-pyrrole nitrogens is 1. The van der Waals surface area contributed by atoms with Crippen LogP contribution in [0.5, 0.6) is 0 Å². The van der Waals surface area contributed by atoms with Gasteiger partial charge < -0.3 is 9.64 Å². The quantitative estimate of drug-likeness (QED) is 0.335. The summed E-state index contributed by atoms with van der Waals surface area (Å²) < 4.78 is 5.89. The summed E-state index contributed by atoms with van der Waals surface area (Å²) >= 11 is 1.66. The molecule has 4 aromatic rings. The summed E-state index contributed by atoms with van der Waals surface area (Å²) in [5.74, 6) is 0.267. The minimum Gasteiger partial charge on any atom is -0.372 e. The van der Waals surface area contributed by atoms with Gasteiger partial charge in [-0.3, -0.25) is 14.8 Å². The average molecular weight is 515 g/mol. The maximum Gasteiger partial charge on any atom is 0.158 e. The lowest BCUT2D eigenvalue weighted by Crippen LogP contribution is -2.45. The Bertz CT molecular complexity index is 1350. The van der Waals surface area contributed by atoms with Gasteiger partial charge in [-0.25, -0.2) is 0 Å². The number of aromatic amines is 1. The highest BCUT2D eigenvalue weighted by atomic mass is 32.1. The molecule has 0 bridgehead atoms. The predicted octanol–water partition coefficient (Wildman–Crippen LogP) is 5.85. The number of aromatic nitrogens is 2. The lowest BCUT2D eigenvalue weighted by Gasteiger charge is -2.36. The van der Waals surface area contributed by atoms with Crippen molar-refractivity contribution in [1.82, 2.24) is 15.1 Å². The minimum absolute atomic E-state index is 0.147. The fourth-order valence-electron chi connectivity index (χ4n) is 5.94. The first-order valence-corrected chi connectivity index (χ1v) is 14.3. The van der Waals surface area contributed by atoms with Crippen molar-refractivity contribution in [1.29, 1.82) is 0 Å². The summed E-state index contributed by atoms with van der Waals surface area (Å²) in [6, 6.07) is 16.8. The van der Waals surface area contributed by atoms with E-state index in [4.69, 9.17) is 4.74 Å². The van der Waals surface area contributed by atoms with Crippen LogP contribution in [0, 0.1) is 0 Å². The molecule has 2 saturated heterocycles. The number of rotatable bonds is 7. The zero-order chi connectivity index (χ0) is 25.4. The van der Waals surface area contributed by atoms with Gasteiger partial charge in [0, 0.05) is 36.1 Å². The number of hydrogen-bond acceptors (Lipinski definition) is 6. The summed E-state index contributed by atoms with van der Waals surface area (Å²) in [6.45, 7) is 8.04. The van der Waals surface area contributed by atoms with Crippen molar-refractivity contribution in [2.45, 2.75) is 51.4 Å². The van der Waals surface area contributed by atoms with Gasteiger partial charge in [0.2, 0.25) is 0 Å². The second-order valence-electron chi connectivity index (χ2n) is 10.5. The molecule has 2 aliphatic heterocycles. The van der Waals surface area contributed by atoms with E-state index in [0.29, 0.717) is 6.42 Å². The molecule has 0 spiro atoms. The summed E-state index contributed by atoms with van der Waals surface area (Å²) in [6.07, 6.45) is 3.21. The van der Waals surface area contributed by atoms with Gasteiger partial charge in [0.1, 0.15) is 0 Å². The van der Waals surface area contributed by atoms with E-state index >= 15 is 0 Å². The van der Waals surface area contributed by atoms with Crippen LogP contribution in [0.2, 0.25) is 0 Å². The number of anilines is 1. The van der Waals surface area contributed by atoms with E-state index < -0.39 is 0 Å². The van der Waals surface area contributed by atoms with Gasteiger partial charge in [-0.05, 0) is 92.0 Å². The Morgan fingerprint density at radius 2 is 1.84 bits per heavy atom. The number of ether oxygens (including phenoxy) is 1. The Hall–Kier alpha value is -3.00. The smallest absolute Gasteiger partial charge is 0.158 e. The van der Waals surface area contributed by atoms with Crippen molar-refractivity contribution in [2.75, 3.05) is 31.1 Å². The third kappa shape index (κ3) is 5.08. The van der Waals surface area contributed by atoms with Crippen LogP contribution in [0.25, 0.3) is 22.2 Å². The fourth-order valence-corrected chi connectivity index (χ4v) is 6.62. The van der Waals surface area contributed by atoms with Crippen LogP contribution in [0.3, 0.4) is 0 Å². The molecule has 6 rings (SSSR count). The van der Waals surface area contributed by atoms with Crippen LogP contribution in [0.1, 0.15) is 43.9 Å². The second-order valence-corrected chi connectivity index (χ2v) is 11.3. The lowest BCUT2D eigenvalue weighted by atomic mass is 9.97. The maximum atomic E-state index is 13.6. The third-order valence-electron chi connectivity index (χ3n) is 7.60. The minimum atomic E-state index is -0.147. The molecule has 4 heterocycles. The molecule has 1 unspecified atom stereocenters. The molecule has 192 valence electrons. The van der Waals surface area contributed by atoms with Gasteiger partial charge in [-0.2, -0.15) is 16.4 Å². The van der Waals surface area contributed by atoms with E-state index in [9.17, 15) is 4.79 Å². The Kier molecular flexibility index (Phi) is 6.84. The van der Waals surface area contributed by atoms with Gasteiger partial charge in [-0.15, -0.1) is 0 Å². The Balaban J connectivity index is 1.24. The second kappa shape index (κ2) is 10.4. The molecule has 1 N–H and O–H groups in total. The van der Waals surface area contributed by atoms with Crippen LogP contribution >= 0.6 is 11.3 Å². The van der Waals surface area contributed by atoms with Crippen molar-refractivity contribution in [3.8, 4) is 11.3 Å². The van der Waals surface area contributed by atoms with E-state index in [-0.39, 0.29) is 24.0 Å². The maximum absolute atomic E-state index is 13.6. The third-order valence-corrected chi connectivity index (χ3v) is 8.30. The summed E-state index contributed by atoms with van der Waals surface area (Å²) in [5.41, 5.74) is 6.35. The van der Waals surface area contributed by atoms with E-state index in [1.54, 1.807) is 11.3 Å². The number of likely N-dealkylation sites (tertiary alicyclic amines) is 1. The molecule has 2 aromatic carbocycles. The van der Waals surface area contributed by atoms with Crippen molar-refractivity contribution in [3.05, 3.63) is 70.4 Å². The highest BCUT2D eigenvalue weighted by Gasteiger charge is 2.30.